The fourth-order valence-electron chi connectivity index (χ4n) is 2.59. The molecule has 1 aromatic rings. The van der Waals surface area contributed by atoms with Gasteiger partial charge >= 0.3 is 6.03 Å². The quantitative estimate of drug-likeness (QED) is 0.869. The standard InChI is InChI=1S/C14H21N3O2S/c1-8(2)6-14(5)12(18)17(13(19)16-14)7-11-15-9(3)10(4)20-11/h8H,6-7H2,1-5H3,(H,16,19). The molecule has 0 bridgehead atoms. The molecule has 0 aliphatic carbocycles. The number of aromatic nitrogens is 1. The van der Waals surface area contributed by atoms with Crippen LogP contribution in [0.2, 0.25) is 0 Å². The van der Waals surface area contributed by atoms with E-state index in [9.17, 15) is 9.59 Å². The maximum atomic E-state index is 12.5. The van der Waals surface area contributed by atoms with Gasteiger partial charge < -0.3 is 5.32 Å². The normalized spacial score (nSPS) is 22.8. The van der Waals surface area contributed by atoms with Gasteiger partial charge in [0, 0.05) is 4.88 Å². The SMILES string of the molecule is Cc1nc(CN2C(=O)NC(C)(CC(C)C)C2=O)sc1C. The third-order valence-corrected chi connectivity index (χ3v) is 4.59. The molecule has 1 saturated heterocycles. The second-order valence-electron chi connectivity index (χ2n) is 6.00. The summed E-state index contributed by atoms with van der Waals surface area (Å²) in [5, 5.41) is 3.62. The number of carbonyl (C=O) groups is 2. The van der Waals surface area contributed by atoms with Crippen LogP contribution in [-0.4, -0.2) is 27.4 Å². The van der Waals surface area contributed by atoms with E-state index >= 15 is 0 Å². The van der Waals surface area contributed by atoms with Crippen LogP contribution in [0.25, 0.3) is 0 Å². The molecule has 1 fully saturated rings. The number of hydrogen-bond acceptors (Lipinski definition) is 4. The lowest BCUT2D eigenvalue weighted by atomic mass is 9.91. The van der Waals surface area contributed by atoms with E-state index < -0.39 is 5.54 Å². The van der Waals surface area contributed by atoms with Crippen molar-refractivity contribution < 1.29 is 9.59 Å². The molecule has 20 heavy (non-hydrogen) atoms. The van der Waals surface area contributed by atoms with Crippen molar-refractivity contribution in [1.82, 2.24) is 15.2 Å². The van der Waals surface area contributed by atoms with Gasteiger partial charge in [-0.25, -0.2) is 9.78 Å². The Morgan fingerprint density at radius 2 is 2.00 bits per heavy atom. The number of aryl methyl sites for hydroxylation is 2. The number of imide groups is 1. The van der Waals surface area contributed by atoms with Crippen molar-refractivity contribution in [2.24, 2.45) is 5.92 Å². The van der Waals surface area contributed by atoms with E-state index in [1.807, 2.05) is 27.7 Å². The maximum Gasteiger partial charge on any atom is 0.325 e. The van der Waals surface area contributed by atoms with Crippen molar-refractivity contribution in [1.29, 1.82) is 0 Å². The van der Waals surface area contributed by atoms with Gasteiger partial charge in [-0.05, 0) is 33.1 Å². The monoisotopic (exact) mass is 295 g/mol. The van der Waals surface area contributed by atoms with Crippen molar-refractivity contribution in [3.8, 4) is 0 Å². The zero-order valence-electron chi connectivity index (χ0n) is 12.6. The summed E-state index contributed by atoms with van der Waals surface area (Å²) >= 11 is 1.53. The highest BCUT2D eigenvalue weighted by Crippen LogP contribution is 2.27. The van der Waals surface area contributed by atoms with Crippen molar-refractivity contribution in [3.05, 3.63) is 15.6 Å². The van der Waals surface area contributed by atoms with E-state index in [-0.39, 0.29) is 18.5 Å². The number of urea groups is 1. The Kier molecular flexibility index (Phi) is 3.86. The third kappa shape index (κ3) is 2.70. The van der Waals surface area contributed by atoms with Gasteiger partial charge in [-0.15, -0.1) is 11.3 Å². The number of nitrogens with one attached hydrogen (secondary N) is 1. The molecule has 0 radical (unpaired) electrons. The van der Waals surface area contributed by atoms with Crippen molar-refractivity contribution in [2.75, 3.05) is 0 Å². The summed E-state index contributed by atoms with van der Waals surface area (Å²) in [6.07, 6.45) is 0.643. The summed E-state index contributed by atoms with van der Waals surface area (Å²) in [5.41, 5.74) is 0.175. The first kappa shape index (κ1) is 15.0. The number of carbonyl (C=O) groups excluding carboxylic acids is 2. The van der Waals surface area contributed by atoms with E-state index in [0.717, 1.165) is 15.6 Å². The summed E-state index contributed by atoms with van der Waals surface area (Å²) in [4.78, 5) is 31.3. The van der Waals surface area contributed by atoms with Gasteiger partial charge in [0.15, 0.2) is 0 Å². The highest BCUT2D eigenvalue weighted by atomic mass is 32.1. The van der Waals surface area contributed by atoms with Crippen molar-refractivity contribution in [2.45, 2.75) is 53.1 Å². The summed E-state index contributed by atoms with van der Waals surface area (Å²) in [6.45, 7) is 10.1. The Labute approximate surface area is 123 Å². The second kappa shape index (κ2) is 5.16. The molecule has 1 aromatic heterocycles. The van der Waals surface area contributed by atoms with Crippen molar-refractivity contribution >= 4 is 23.3 Å². The molecule has 1 unspecified atom stereocenters. The van der Waals surface area contributed by atoms with Crippen molar-refractivity contribution in [3.63, 3.8) is 0 Å². The molecule has 0 aromatic carbocycles. The molecular formula is C14H21N3O2S. The lowest BCUT2D eigenvalue weighted by molar-refractivity contribution is -0.131. The van der Waals surface area contributed by atoms with Crippen LogP contribution in [-0.2, 0) is 11.3 Å². The molecule has 3 amide bonds. The highest BCUT2D eigenvalue weighted by Gasteiger charge is 2.47. The van der Waals surface area contributed by atoms with Crippen LogP contribution in [0, 0.1) is 19.8 Å². The molecule has 110 valence electrons. The van der Waals surface area contributed by atoms with Gasteiger partial charge in [0.25, 0.3) is 5.91 Å². The van der Waals surface area contributed by atoms with Crippen LogP contribution >= 0.6 is 11.3 Å². The Balaban J connectivity index is 2.17. The molecule has 2 heterocycles. The second-order valence-corrected chi connectivity index (χ2v) is 7.29. The molecule has 1 N–H and O–H groups in total. The van der Waals surface area contributed by atoms with Crippen LogP contribution in [0.5, 0.6) is 0 Å². The van der Waals surface area contributed by atoms with Gasteiger partial charge in [-0.3, -0.25) is 9.69 Å². The summed E-state index contributed by atoms with van der Waals surface area (Å²) < 4.78 is 0. The van der Waals surface area contributed by atoms with Gasteiger partial charge in [0.05, 0.1) is 12.2 Å². The van der Waals surface area contributed by atoms with E-state index in [4.69, 9.17) is 0 Å². The molecule has 6 heteroatoms. The molecule has 5 nitrogen and oxygen atoms in total. The Morgan fingerprint density at radius 3 is 2.50 bits per heavy atom. The minimum atomic E-state index is -0.785. The first-order chi connectivity index (χ1) is 9.23. The largest absolute Gasteiger partial charge is 0.325 e. The molecule has 2 rings (SSSR count). The smallest absolute Gasteiger partial charge is 0.323 e. The Bertz CT molecular complexity index is 533. The zero-order chi connectivity index (χ0) is 15.1. The van der Waals surface area contributed by atoms with Crippen LogP contribution in [0.15, 0.2) is 0 Å². The van der Waals surface area contributed by atoms with Crippen LogP contribution in [0.1, 0.15) is 42.8 Å². The number of nitrogens with zero attached hydrogens (tertiary/aromatic N) is 2. The minimum absolute atomic E-state index is 0.151. The molecule has 0 spiro atoms. The zero-order valence-corrected chi connectivity index (χ0v) is 13.4. The highest BCUT2D eigenvalue weighted by molar-refractivity contribution is 7.11. The molecular weight excluding hydrogens is 274 g/mol. The van der Waals surface area contributed by atoms with Crippen LogP contribution in [0.4, 0.5) is 4.79 Å². The summed E-state index contributed by atoms with van der Waals surface area (Å²) in [6, 6.07) is -0.316. The average molecular weight is 295 g/mol. The molecule has 1 aliphatic rings. The Hall–Kier alpha value is -1.43. The minimum Gasteiger partial charge on any atom is -0.323 e. The van der Waals surface area contributed by atoms with E-state index in [2.05, 4.69) is 10.3 Å². The van der Waals surface area contributed by atoms with E-state index in [1.165, 1.54) is 16.2 Å². The fraction of sp³-hybridized carbons (Fsp3) is 0.643. The van der Waals surface area contributed by atoms with E-state index in [1.54, 1.807) is 6.92 Å². The predicted molar refractivity (Wildman–Crippen MR) is 78.5 cm³/mol. The molecule has 1 aliphatic heterocycles. The van der Waals surface area contributed by atoms with Crippen LogP contribution < -0.4 is 5.32 Å². The van der Waals surface area contributed by atoms with Gasteiger partial charge in [-0.1, -0.05) is 13.8 Å². The fourth-order valence-corrected chi connectivity index (χ4v) is 3.51. The number of thiazole rings is 1. The van der Waals surface area contributed by atoms with Gasteiger partial charge in [0.1, 0.15) is 10.5 Å². The predicted octanol–water partition coefficient (Wildman–Crippen LogP) is 2.62. The van der Waals surface area contributed by atoms with Gasteiger partial charge in [-0.2, -0.15) is 0 Å². The first-order valence-corrected chi connectivity index (χ1v) is 7.61. The number of hydrogen-bond donors (Lipinski definition) is 1. The third-order valence-electron chi connectivity index (χ3n) is 3.53. The molecule has 0 saturated carbocycles. The first-order valence-electron chi connectivity index (χ1n) is 6.80. The lowest BCUT2D eigenvalue weighted by Crippen LogP contribution is -2.44. The average Bonchev–Trinajstić information content (AvgIpc) is 2.71. The van der Waals surface area contributed by atoms with E-state index in [0.29, 0.717) is 12.3 Å². The number of rotatable bonds is 4. The topological polar surface area (TPSA) is 62.3 Å². The summed E-state index contributed by atoms with van der Waals surface area (Å²) in [7, 11) is 0. The summed E-state index contributed by atoms with van der Waals surface area (Å²) in [5.74, 6) is 0.190. The molecule has 1 atom stereocenters. The Morgan fingerprint density at radius 1 is 1.35 bits per heavy atom. The maximum absolute atomic E-state index is 12.5. The lowest BCUT2D eigenvalue weighted by Gasteiger charge is -2.23. The van der Waals surface area contributed by atoms with Crippen LogP contribution in [0.3, 0.4) is 0 Å². The number of amides is 3. The van der Waals surface area contributed by atoms with Gasteiger partial charge in [0.2, 0.25) is 0 Å².